The van der Waals surface area contributed by atoms with Crippen molar-refractivity contribution in [2.45, 2.75) is 57.7 Å². The summed E-state index contributed by atoms with van der Waals surface area (Å²) in [7, 11) is 0. The van der Waals surface area contributed by atoms with Crippen molar-refractivity contribution in [2.75, 3.05) is 4.90 Å². The van der Waals surface area contributed by atoms with Gasteiger partial charge in [0.2, 0.25) is 0 Å². The smallest absolute Gasteiger partial charge is 0.0685 e. The molecule has 0 fully saturated rings. The summed E-state index contributed by atoms with van der Waals surface area (Å²) >= 11 is 0. The van der Waals surface area contributed by atoms with Crippen molar-refractivity contribution < 1.29 is 0 Å². The van der Waals surface area contributed by atoms with Crippen LogP contribution in [0.25, 0.3) is 0 Å². The van der Waals surface area contributed by atoms with E-state index < -0.39 is 0 Å². The minimum absolute atomic E-state index is 0.176. The number of benzene rings is 2. The van der Waals surface area contributed by atoms with Gasteiger partial charge in [-0.1, -0.05) is 36.4 Å². The molecule has 0 N–H and O–H groups in total. The molecule has 2 atom stereocenters. The molecule has 2 nitrogen and oxygen atoms in total. The van der Waals surface area contributed by atoms with E-state index in [0.29, 0.717) is 12.1 Å². The molecule has 119 valence electrons. The number of hydrogen-bond acceptors (Lipinski definition) is 1. The number of rotatable bonds is 1. The lowest BCUT2D eigenvalue weighted by Gasteiger charge is -2.52. The first kappa shape index (κ1) is 14.6. The zero-order valence-electron chi connectivity index (χ0n) is 14.3. The highest BCUT2D eigenvalue weighted by Crippen LogP contribution is 2.41. The SMILES string of the molecule is CC1[N]c2ccccc2CC1N1c2ccccc2CCC1(C)C. The Morgan fingerprint density at radius 1 is 1.00 bits per heavy atom. The summed E-state index contributed by atoms with van der Waals surface area (Å²) in [6.07, 6.45) is 3.46. The largest absolute Gasteiger partial charge is 0.361 e. The summed E-state index contributed by atoms with van der Waals surface area (Å²) < 4.78 is 0. The molecule has 23 heavy (non-hydrogen) atoms. The third-order valence-corrected chi connectivity index (χ3v) is 5.56. The van der Waals surface area contributed by atoms with Gasteiger partial charge in [-0.25, -0.2) is 0 Å². The normalized spacial score (nSPS) is 25.3. The Labute approximate surface area is 139 Å². The predicted molar refractivity (Wildman–Crippen MR) is 96.5 cm³/mol. The fourth-order valence-electron chi connectivity index (χ4n) is 4.29. The van der Waals surface area contributed by atoms with E-state index in [0.717, 1.165) is 6.42 Å². The van der Waals surface area contributed by atoms with E-state index in [1.165, 1.54) is 35.3 Å². The first-order chi connectivity index (χ1) is 11.1. The van der Waals surface area contributed by atoms with Gasteiger partial charge < -0.3 is 4.90 Å². The highest BCUT2D eigenvalue weighted by Gasteiger charge is 2.41. The molecule has 2 aliphatic rings. The van der Waals surface area contributed by atoms with Gasteiger partial charge in [0.25, 0.3) is 0 Å². The number of aryl methyl sites for hydroxylation is 1. The summed E-state index contributed by atoms with van der Waals surface area (Å²) in [5, 5.41) is 5.00. The molecule has 2 unspecified atom stereocenters. The molecule has 0 bridgehead atoms. The number of para-hydroxylation sites is 2. The second-order valence-corrected chi connectivity index (χ2v) is 7.58. The molecule has 2 aromatic rings. The lowest BCUT2D eigenvalue weighted by atomic mass is 9.82. The van der Waals surface area contributed by atoms with Crippen LogP contribution < -0.4 is 10.2 Å². The Balaban J connectivity index is 1.77. The van der Waals surface area contributed by atoms with Crippen molar-refractivity contribution in [1.82, 2.24) is 5.32 Å². The molecule has 2 heterocycles. The molecule has 2 heteroatoms. The Morgan fingerprint density at radius 3 is 2.52 bits per heavy atom. The zero-order chi connectivity index (χ0) is 16.0. The lowest BCUT2D eigenvalue weighted by molar-refractivity contribution is 0.324. The van der Waals surface area contributed by atoms with Crippen molar-refractivity contribution in [3.63, 3.8) is 0 Å². The van der Waals surface area contributed by atoms with Crippen LogP contribution in [0.1, 0.15) is 38.3 Å². The molecule has 0 aliphatic carbocycles. The second-order valence-electron chi connectivity index (χ2n) is 7.58. The number of fused-ring (bicyclic) bond motifs is 2. The minimum Gasteiger partial charge on any atom is -0.361 e. The van der Waals surface area contributed by atoms with Crippen molar-refractivity contribution in [2.24, 2.45) is 0 Å². The quantitative estimate of drug-likeness (QED) is 0.760. The molecule has 2 aliphatic heterocycles. The molecular formula is C21H25N2. The van der Waals surface area contributed by atoms with E-state index in [9.17, 15) is 0 Å². The Kier molecular flexibility index (Phi) is 3.37. The summed E-state index contributed by atoms with van der Waals surface area (Å²) in [4.78, 5) is 2.66. The van der Waals surface area contributed by atoms with Crippen LogP contribution in [0.5, 0.6) is 0 Å². The third-order valence-electron chi connectivity index (χ3n) is 5.56. The summed E-state index contributed by atoms with van der Waals surface area (Å²) in [5.41, 5.74) is 5.64. The van der Waals surface area contributed by atoms with Crippen molar-refractivity contribution >= 4 is 11.4 Å². The molecule has 4 rings (SSSR count). The van der Waals surface area contributed by atoms with E-state index in [4.69, 9.17) is 5.32 Å². The predicted octanol–water partition coefficient (Wildman–Crippen LogP) is 4.47. The average Bonchev–Trinajstić information content (AvgIpc) is 2.54. The fourth-order valence-corrected chi connectivity index (χ4v) is 4.29. The van der Waals surface area contributed by atoms with Gasteiger partial charge in [-0.05, 0) is 63.3 Å². The van der Waals surface area contributed by atoms with Gasteiger partial charge in [0.15, 0.2) is 0 Å². The van der Waals surface area contributed by atoms with Gasteiger partial charge in [-0.3, -0.25) is 5.32 Å². The van der Waals surface area contributed by atoms with Gasteiger partial charge in [0.1, 0.15) is 0 Å². The maximum atomic E-state index is 5.00. The highest BCUT2D eigenvalue weighted by molar-refractivity contribution is 5.60. The van der Waals surface area contributed by atoms with Crippen LogP contribution in [0.2, 0.25) is 0 Å². The number of hydrogen-bond donors (Lipinski definition) is 0. The van der Waals surface area contributed by atoms with Crippen LogP contribution in [-0.2, 0) is 12.8 Å². The maximum absolute atomic E-state index is 5.00. The number of anilines is 1. The minimum atomic E-state index is 0.176. The van der Waals surface area contributed by atoms with Crippen molar-refractivity contribution in [1.29, 1.82) is 0 Å². The topological polar surface area (TPSA) is 17.3 Å². The van der Waals surface area contributed by atoms with E-state index in [1.807, 2.05) is 0 Å². The Hall–Kier alpha value is -1.96. The standard InChI is InChI=1S/C21H25N2/c1-15-20(14-17-9-4-6-10-18(17)22-15)23-19-11-7-5-8-16(19)12-13-21(23,2)3/h4-11,15,20H,12-14H2,1-3H3. The van der Waals surface area contributed by atoms with Crippen molar-refractivity contribution in [3.8, 4) is 0 Å². The second kappa shape index (κ2) is 5.30. The molecular weight excluding hydrogens is 280 g/mol. The summed E-state index contributed by atoms with van der Waals surface area (Å²) in [5.74, 6) is 0. The highest BCUT2D eigenvalue weighted by atomic mass is 15.3. The fraction of sp³-hybridized carbons (Fsp3) is 0.429. The van der Waals surface area contributed by atoms with Gasteiger partial charge in [0, 0.05) is 11.2 Å². The van der Waals surface area contributed by atoms with Crippen LogP contribution in [0, 0.1) is 0 Å². The maximum Gasteiger partial charge on any atom is 0.0685 e. The molecule has 0 saturated carbocycles. The van der Waals surface area contributed by atoms with Gasteiger partial charge in [0.05, 0.1) is 17.8 Å². The van der Waals surface area contributed by atoms with E-state index >= 15 is 0 Å². The summed E-state index contributed by atoms with van der Waals surface area (Å²) in [6.45, 7) is 7.04. The molecule has 0 aromatic heterocycles. The lowest BCUT2D eigenvalue weighted by Crippen LogP contribution is -2.59. The Bertz CT molecular complexity index is 719. The zero-order valence-corrected chi connectivity index (χ0v) is 14.3. The van der Waals surface area contributed by atoms with Gasteiger partial charge in [-0.2, -0.15) is 0 Å². The van der Waals surface area contributed by atoms with Crippen LogP contribution in [0.4, 0.5) is 11.4 Å². The first-order valence-electron chi connectivity index (χ1n) is 8.72. The van der Waals surface area contributed by atoms with Gasteiger partial charge in [-0.15, -0.1) is 0 Å². The van der Waals surface area contributed by atoms with Crippen LogP contribution in [0.3, 0.4) is 0 Å². The number of nitrogens with zero attached hydrogens (tertiary/aromatic N) is 2. The summed E-state index contributed by atoms with van der Waals surface area (Å²) in [6, 6.07) is 18.3. The third kappa shape index (κ3) is 2.41. The Morgan fingerprint density at radius 2 is 1.70 bits per heavy atom. The molecule has 0 saturated heterocycles. The molecule has 0 spiro atoms. The van der Waals surface area contributed by atoms with Crippen molar-refractivity contribution in [3.05, 3.63) is 59.7 Å². The van der Waals surface area contributed by atoms with E-state index in [1.54, 1.807) is 0 Å². The average molecular weight is 305 g/mol. The van der Waals surface area contributed by atoms with Crippen LogP contribution in [-0.4, -0.2) is 17.6 Å². The van der Waals surface area contributed by atoms with Gasteiger partial charge >= 0.3 is 0 Å². The van der Waals surface area contributed by atoms with E-state index in [2.05, 4.69) is 74.2 Å². The van der Waals surface area contributed by atoms with Crippen LogP contribution in [0.15, 0.2) is 48.5 Å². The monoisotopic (exact) mass is 305 g/mol. The van der Waals surface area contributed by atoms with Crippen LogP contribution >= 0.6 is 0 Å². The molecule has 0 amide bonds. The van der Waals surface area contributed by atoms with E-state index in [-0.39, 0.29) is 5.54 Å². The molecule has 2 aromatic carbocycles. The first-order valence-corrected chi connectivity index (χ1v) is 8.72. The molecule has 1 radical (unpaired) electrons.